The van der Waals surface area contributed by atoms with E-state index in [1.807, 2.05) is 55.4 Å². The highest BCUT2D eigenvalue weighted by molar-refractivity contribution is 4.22. The van der Waals surface area contributed by atoms with Crippen LogP contribution in [-0.2, 0) is 0 Å². The molecule has 0 nitrogen and oxygen atoms in total. The van der Waals surface area contributed by atoms with Gasteiger partial charge in [0.15, 0.2) is 0 Å². The van der Waals surface area contributed by atoms with Crippen molar-refractivity contribution in [2.75, 3.05) is 0 Å². The molecule has 0 aromatic rings. The van der Waals surface area contributed by atoms with Crippen LogP contribution < -0.4 is 0 Å². The molecule has 0 aromatic carbocycles. The SMILES string of the molecule is C=C.C=C.C=C.CC.CC.CC.CC. The van der Waals surface area contributed by atoms with E-state index in [-0.39, 0.29) is 0 Å². The van der Waals surface area contributed by atoms with Crippen molar-refractivity contribution in [3.8, 4) is 0 Å². The molecule has 0 saturated carbocycles. The van der Waals surface area contributed by atoms with Crippen LogP contribution in [-0.4, -0.2) is 0 Å². The van der Waals surface area contributed by atoms with Gasteiger partial charge in [-0.1, -0.05) is 55.4 Å². The maximum atomic E-state index is 3.00. The zero-order chi connectivity index (χ0) is 14.0. The molecule has 0 saturated heterocycles. The largest absolute Gasteiger partial charge is 0.106 e. The molecule has 0 aliphatic carbocycles. The number of hydrogen-bond acceptors (Lipinski definition) is 0. The van der Waals surface area contributed by atoms with Crippen molar-refractivity contribution in [2.45, 2.75) is 55.4 Å². The van der Waals surface area contributed by atoms with E-state index in [2.05, 4.69) is 39.5 Å². The van der Waals surface area contributed by atoms with Gasteiger partial charge in [-0.3, -0.25) is 0 Å². The summed E-state index contributed by atoms with van der Waals surface area (Å²) >= 11 is 0. The summed E-state index contributed by atoms with van der Waals surface area (Å²) in [7, 11) is 0. The lowest BCUT2D eigenvalue weighted by Gasteiger charge is -1.07. The summed E-state index contributed by atoms with van der Waals surface area (Å²) in [5.74, 6) is 0. The van der Waals surface area contributed by atoms with Crippen LogP contribution in [0.1, 0.15) is 55.4 Å². The zero-order valence-electron chi connectivity index (χ0n) is 12.2. The molecule has 0 aliphatic heterocycles. The molecule has 0 rings (SSSR count). The topological polar surface area (TPSA) is 0 Å². The molecular formula is C14H36. The summed E-state index contributed by atoms with van der Waals surface area (Å²) < 4.78 is 0. The molecule has 0 aliphatic rings. The summed E-state index contributed by atoms with van der Waals surface area (Å²) in [6, 6.07) is 0. The maximum Gasteiger partial charge on any atom is -0.0683 e. The van der Waals surface area contributed by atoms with Gasteiger partial charge in [-0.25, -0.2) is 0 Å². The number of rotatable bonds is 0. The molecule has 0 atom stereocenters. The van der Waals surface area contributed by atoms with E-state index in [9.17, 15) is 0 Å². The monoisotopic (exact) mass is 204 g/mol. The second kappa shape index (κ2) is 2530. The minimum absolute atomic E-state index is 2.00. The van der Waals surface area contributed by atoms with Gasteiger partial charge in [0.25, 0.3) is 0 Å². The van der Waals surface area contributed by atoms with E-state index in [0.717, 1.165) is 0 Å². The first-order valence-electron chi connectivity index (χ1n) is 5.50. The van der Waals surface area contributed by atoms with Crippen molar-refractivity contribution in [1.29, 1.82) is 0 Å². The predicted molar refractivity (Wildman–Crippen MR) is 79.2 cm³/mol. The predicted octanol–water partition coefficient (Wildman–Crippen LogP) is 6.51. The van der Waals surface area contributed by atoms with Gasteiger partial charge in [-0.2, -0.15) is 0 Å². The van der Waals surface area contributed by atoms with Crippen LogP contribution >= 0.6 is 0 Å². The van der Waals surface area contributed by atoms with Crippen LogP contribution in [0, 0.1) is 0 Å². The smallest absolute Gasteiger partial charge is 0.0683 e. The molecule has 0 bridgehead atoms. The summed E-state index contributed by atoms with van der Waals surface area (Å²) in [5.41, 5.74) is 0. The molecule has 0 amide bonds. The Morgan fingerprint density at radius 3 is 0.286 bits per heavy atom. The Balaban J connectivity index is -0.00000000817. The second-order valence-electron chi connectivity index (χ2n) is 0. The van der Waals surface area contributed by atoms with Crippen LogP contribution in [0.25, 0.3) is 0 Å². The lowest BCUT2D eigenvalue weighted by molar-refractivity contribution is 1.50. The van der Waals surface area contributed by atoms with Crippen molar-refractivity contribution >= 4 is 0 Å². The molecular weight excluding hydrogens is 168 g/mol. The fraction of sp³-hybridized carbons (Fsp3) is 0.571. The highest BCUT2D eigenvalue weighted by Crippen LogP contribution is 1.15. The molecule has 14 heavy (non-hydrogen) atoms. The normalized spacial score (nSPS) is 2.57. The fourth-order valence-corrected chi connectivity index (χ4v) is 0. The van der Waals surface area contributed by atoms with Crippen LogP contribution in [0.2, 0.25) is 0 Å². The van der Waals surface area contributed by atoms with Gasteiger partial charge in [-0.15, -0.1) is 39.5 Å². The standard InChI is InChI=1S/4C2H6.3C2H4/c7*1-2/h4*1-2H3;3*1-2H2. The Labute approximate surface area is 95.4 Å². The van der Waals surface area contributed by atoms with Gasteiger partial charge in [-0.05, 0) is 0 Å². The Kier molecular flexibility index (Phi) is 9220. The first-order chi connectivity index (χ1) is 7.00. The summed E-state index contributed by atoms with van der Waals surface area (Å²) in [5, 5.41) is 0. The molecule has 0 spiro atoms. The molecule has 0 unspecified atom stereocenters. The Morgan fingerprint density at radius 2 is 0.286 bits per heavy atom. The third-order valence-corrected chi connectivity index (χ3v) is 0. The lowest BCUT2D eigenvalue weighted by Crippen LogP contribution is -0.856. The van der Waals surface area contributed by atoms with Crippen molar-refractivity contribution in [3.05, 3.63) is 39.5 Å². The van der Waals surface area contributed by atoms with E-state index < -0.39 is 0 Å². The summed E-state index contributed by atoms with van der Waals surface area (Å²) in [6.07, 6.45) is 0. The lowest BCUT2D eigenvalue weighted by atomic mass is 11.0. The van der Waals surface area contributed by atoms with Gasteiger partial charge >= 0.3 is 0 Å². The Hall–Kier alpha value is -0.780. The van der Waals surface area contributed by atoms with Crippen LogP contribution in [0.4, 0.5) is 0 Å². The molecule has 92 valence electrons. The van der Waals surface area contributed by atoms with E-state index in [1.54, 1.807) is 0 Å². The minimum Gasteiger partial charge on any atom is -0.106 e. The van der Waals surface area contributed by atoms with Crippen molar-refractivity contribution in [3.63, 3.8) is 0 Å². The van der Waals surface area contributed by atoms with E-state index in [1.165, 1.54) is 0 Å². The first kappa shape index (κ1) is 51.0. The highest BCUT2D eigenvalue weighted by Gasteiger charge is 0.938. The molecule has 0 fully saturated rings. The minimum atomic E-state index is 2.00. The Morgan fingerprint density at radius 1 is 0.286 bits per heavy atom. The van der Waals surface area contributed by atoms with Crippen LogP contribution in [0.3, 0.4) is 0 Å². The van der Waals surface area contributed by atoms with Crippen molar-refractivity contribution in [1.82, 2.24) is 0 Å². The van der Waals surface area contributed by atoms with Gasteiger partial charge < -0.3 is 0 Å². The molecule has 0 N–H and O–H groups in total. The maximum absolute atomic E-state index is 3.00. The van der Waals surface area contributed by atoms with Gasteiger partial charge in [0.1, 0.15) is 0 Å². The zero-order valence-corrected chi connectivity index (χ0v) is 12.2. The van der Waals surface area contributed by atoms with E-state index >= 15 is 0 Å². The van der Waals surface area contributed by atoms with Crippen molar-refractivity contribution < 1.29 is 0 Å². The summed E-state index contributed by atoms with van der Waals surface area (Å²) in [4.78, 5) is 0. The highest BCUT2D eigenvalue weighted by atomic mass is 13.0. The van der Waals surface area contributed by atoms with Crippen LogP contribution in [0.15, 0.2) is 39.5 Å². The number of hydrogen-bond donors (Lipinski definition) is 0. The summed E-state index contributed by atoms with van der Waals surface area (Å²) in [6.45, 7) is 34.0. The Bertz CT molecular complexity index is 4.75. The second-order valence-corrected chi connectivity index (χ2v) is 0. The molecule has 0 heterocycles. The first-order valence-corrected chi connectivity index (χ1v) is 5.50. The third kappa shape index (κ3) is 1930. The van der Waals surface area contributed by atoms with Gasteiger partial charge in [0.05, 0.1) is 0 Å². The van der Waals surface area contributed by atoms with Crippen molar-refractivity contribution in [2.24, 2.45) is 0 Å². The third-order valence-electron chi connectivity index (χ3n) is 0. The quantitative estimate of drug-likeness (QED) is 0.394. The molecule has 0 radical (unpaired) electrons. The fourth-order valence-electron chi connectivity index (χ4n) is 0. The average molecular weight is 204 g/mol. The van der Waals surface area contributed by atoms with Gasteiger partial charge in [0.2, 0.25) is 0 Å². The van der Waals surface area contributed by atoms with E-state index in [0.29, 0.717) is 0 Å². The molecule has 0 heteroatoms. The molecule has 0 aromatic heterocycles. The average Bonchev–Trinajstić information content (AvgIpc) is 2.45. The van der Waals surface area contributed by atoms with E-state index in [4.69, 9.17) is 0 Å². The van der Waals surface area contributed by atoms with Gasteiger partial charge in [0, 0.05) is 0 Å². The van der Waals surface area contributed by atoms with Crippen LogP contribution in [0.5, 0.6) is 0 Å².